The summed E-state index contributed by atoms with van der Waals surface area (Å²) in [7, 11) is 0. The van der Waals surface area contributed by atoms with Crippen molar-refractivity contribution in [2.45, 2.75) is 6.18 Å². The molecular weight excluding hydrogens is 297 g/mol. The van der Waals surface area contributed by atoms with Gasteiger partial charge in [-0.15, -0.1) is 0 Å². The van der Waals surface area contributed by atoms with Crippen molar-refractivity contribution in [1.82, 2.24) is 9.97 Å². The van der Waals surface area contributed by atoms with Crippen molar-refractivity contribution in [2.24, 2.45) is 0 Å². The van der Waals surface area contributed by atoms with Gasteiger partial charge in [-0.1, -0.05) is 29.8 Å². The van der Waals surface area contributed by atoms with Crippen molar-refractivity contribution < 1.29 is 22.7 Å². The van der Waals surface area contributed by atoms with Gasteiger partial charge in [0.05, 0.1) is 11.8 Å². The van der Waals surface area contributed by atoms with Gasteiger partial charge >= 0.3 is 12.1 Å². The Bertz CT molecular complexity index is 632. The van der Waals surface area contributed by atoms with Crippen molar-refractivity contribution in [3.05, 3.63) is 53.1 Å². The number of alkyl halides is 3. The number of halogens is 4. The second-order valence-corrected chi connectivity index (χ2v) is 3.96. The van der Waals surface area contributed by atoms with E-state index < -0.39 is 23.1 Å². The predicted octanol–water partition coefficient (Wildman–Crippen LogP) is 3.37. The summed E-state index contributed by atoms with van der Waals surface area (Å²) in [4.78, 5) is 17.8. The standard InChI is InChI=1S/C12H6ClF3N2O2/c13-9-8(6-17-11(18-9)12(14,15)16)20-10(19)7-4-2-1-3-5-7/h1-6H. The fourth-order valence-corrected chi connectivity index (χ4v) is 1.46. The van der Waals surface area contributed by atoms with Crippen LogP contribution in [-0.2, 0) is 6.18 Å². The fourth-order valence-electron chi connectivity index (χ4n) is 1.29. The number of aromatic nitrogens is 2. The first-order valence-corrected chi connectivity index (χ1v) is 5.62. The Morgan fingerprint density at radius 1 is 1.20 bits per heavy atom. The fraction of sp³-hybridized carbons (Fsp3) is 0.0833. The van der Waals surface area contributed by atoms with Crippen LogP contribution in [0.2, 0.25) is 5.15 Å². The number of hydrogen-bond donors (Lipinski definition) is 0. The number of carbonyl (C=O) groups excluding carboxylic acids is 1. The van der Waals surface area contributed by atoms with Gasteiger partial charge in [0.15, 0.2) is 10.9 Å². The van der Waals surface area contributed by atoms with Crippen LogP contribution in [0.25, 0.3) is 0 Å². The molecule has 0 saturated heterocycles. The first kappa shape index (κ1) is 14.3. The smallest absolute Gasteiger partial charge is 0.418 e. The van der Waals surface area contributed by atoms with Crippen LogP contribution < -0.4 is 4.74 Å². The quantitative estimate of drug-likeness (QED) is 0.630. The van der Waals surface area contributed by atoms with Crippen molar-refractivity contribution >= 4 is 17.6 Å². The number of ether oxygens (including phenoxy) is 1. The van der Waals surface area contributed by atoms with Crippen LogP contribution in [0.4, 0.5) is 13.2 Å². The largest absolute Gasteiger partial charge is 0.451 e. The lowest BCUT2D eigenvalue weighted by atomic mass is 10.2. The second-order valence-electron chi connectivity index (χ2n) is 3.60. The number of esters is 1. The van der Waals surface area contributed by atoms with Gasteiger partial charge in [0.1, 0.15) is 0 Å². The van der Waals surface area contributed by atoms with Crippen LogP contribution in [-0.4, -0.2) is 15.9 Å². The van der Waals surface area contributed by atoms with E-state index in [0.29, 0.717) is 6.20 Å². The third kappa shape index (κ3) is 3.24. The number of nitrogens with zero attached hydrogens (tertiary/aromatic N) is 2. The van der Waals surface area contributed by atoms with Gasteiger partial charge in [-0.2, -0.15) is 13.2 Å². The zero-order valence-corrected chi connectivity index (χ0v) is 10.4. The normalized spacial score (nSPS) is 11.2. The highest BCUT2D eigenvalue weighted by Gasteiger charge is 2.35. The molecule has 1 aromatic heterocycles. The molecule has 0 saturated carbocycles. The maximum atomic E-state index is 12.3. The molecule has 0 N–H and O–H groups in total. The molecule has 0 aliphatic heterocycles. The molecule has 2 rings (SSSR count). The molecule has 104 valence electrons. The molecule has 4 nitrogen and oxygen atoms in total. The van der Waals surface area contributed by atoms with E-state index in [4.69, 9.17) is 16.3 Å². The van der Waals surface area contributed by atoms with Gasteiger partial charge in [0.2, 0.25) is 5.82 Å². The third-order valence-corrected chi connectivity index (χ3v) is 2.45. The van der Waals surface area contributed by atoms with E-state index in [1.54, 1.807) is 18.2 Å². The number of carbonyl (C=O) groups is 1. The van der Waals surface area contributed by atoms with Crippen LogP contribution in [0.15, 0.2) is 36.5 Å². The van der Waals surface area contributed by atoms with Crippen molar-refractivity contribution in [3.63, 3.8) is 0 Å². The van der Waals surface area contributed by atoms with E-state index in [2.05, 4.69) is 9.97 Å². The topological polar surface area (TPSA) is 52.1 Å². The van der Waals surface area contributed by atoms with Crippen molar-refractivity contribution in [2.75, 3.05) is 0 Å². The summed E-state index contributed by atoms with van der Waals surface area (Å²) in [5.41, 5.74) is 0.225. The van der Waals surface area contributed by atoms with E-state index in [9.17, 15) is 18.0 Å². The van der Waals surface area contributed by atoms with Gasteiger partial charge in [0, 0.05) is 0 Å². The Hall–Kier alpha value is -2.15. The molecule has 8 heteroatoms. The summed E-state index contributed by atoms with van der Waals surface area (Å²) >= 11 is 5.54. The SMILES string of the molecule is O=C(Oc1cnc(C(F)(F)F)nc1Cl)c1ccccc1. The van der Waals surface area contributed by atoms with Crippen LogP contribution >= 0.6 is 11.6 Å². The molecule has 0 unspecified atom stereocenters. The van der Waals surface area contributed by atoms with Crippen LogP contribution in [0.1, 0.15) is 16.2 Å². The Balaban J connectivity index is 2.21. The summed E-state index contributed by atoms with van der Waals surface area (Å²) in [6.07, 6.45) is -4.01. The molecule has 0 aliphatic carbocycles. The zero-order valence-electron chi connectivity index (χ0n) is 9.69. The maximum Gasteiger partial charge on any atom is 0.451 e. The van der Waals surface area contributed by atoms with E-state index >= 15 is 0 Å². The summed E-state index contributed by atoms with van der Waals surface area (Å²) in [5.74, 6) is -2.51. The van der Waals surface area contributed by atoms with Gasteiger partial charge in [-0.25, -0.2) is 14.8 Å². The predicted molar refractivity (Wildman–Crippen MR) is 63.4 cm³/mol. The minimum absolute atomic E-state index is 0.225. The first-order chi connectivity index (χ1) is 9.38. The summed E-state index contributed by atoms with van der Waals surface area (Å²) in [6.45, 7) is 0. The molecule has 0 amide bonds. The lowest BCUT2D eigenvalue weighted by molar-refractivity contribution is -0.145. The third-order valence-electron chi connectivity index (χ3n) is 2.18. The highest BCUT2D eigenvalue weighted by molar-refractivity contribution is 6.30. The van der Waals surface area contributed by atoms with E-state index in [1.807, 2.05) is 0 Å². The number of rotatable bonds is 2. The zero-order chi connectivity index (χ0) is 14.8. The van der Waals surface area contributed by atoms with Gasteiger partial charge in [-0.3, -0.25) is 0 Å². The molecule has 0 aliphatic rings. The molecule has 1 aromatic carbocycles. The Morgan fingerprint density at radius 3 is 2.40 bits per heavy atom. The Kier molecular flexibility index (Phi) is 3.89. The molecule has 2 aromatic rings. The molecule has 0 fully saturated rings. The molecule has 1 heterocycles. The van der Waals surface area contributed by atoms with Gasteiger partial charge in [0.25, 0.3) is 0 Å². The lowest BCUT2D eigenvalue weighted by Crippen LogP contribution is -2.13. The van der Waals surface area contributed by atoms with E-state index in [-0.39, 0.29) is 11.3 Å². The molecule has 20 heavy (non-hydrogen) atoms. The second kappa shape index (κ2) is 5.46. The van der Waals surface area contributed by atoms with Gasteiger partial charge in [-0.05, 0) is 12.1 Å². The highest BCUT2D eigenvalue weighted by Crippen LogP contribution is 2.30. The lowest BCUT2D eigenvalue weighted by Gasteiger charge is -2.08. The summed E-state index contributed by atoms with van der Waals surface area (Å²) in [5, 5.41) is -0.586. The van der Waals surface area contributed by atoms with Crippen LogP contribution in [0.3, 0.4) is 0 Å². The van der Waals surface area contributed by atoms with Crippen LogP contribution in [0, 0.1) is 0 Å². The van der Waals surface area contributed by atoms with E-state index in [1.165, 1.54) is 12.1 Å². The average molecular weight is 303 g/mol. The first-order valence-electron chi connectivity index (χ1n) is 5.25. The van der Waals surface area contributed by atoms with E-state index in [0.717, 1.165) is 0 Å². The molecule has 0 spiro atoms. The van der Waals surface area contributed by atoms with Crippen LogP contribution in [0.5, 0.6) is 5.75 Å². The Morgan fingerprint density at radius 2 is 1.85 bits per heavy atom. The molecule has 0 radical (unpaired) electrons. The van der Waals surface area contributed by atoms with Crippen molar-refractivity contribution in [3.8, 4) is 5.75 Å². The Labute approximate surface area is 116 Å². The van der Waals surface area contributed by atoms with Gasteiger partial charge < -0.3 is 4.74 Å². The monoisotopic (exact) mass is 302 g/mol. The molecule has 0 atom stereocenters. The minimum atomic E-state index is -4.72. The minimum Gasteiger partial charge on any atom is -0.418 e. The number of hydrogen-bond acceptors (Lipinski definition) is 4. The molecule has 0 bridgehead atoms. The molecular formula is C12H6ClF3N2O2. The average Bonchev–Trinajstić information content (AvgIpc) is 2.41. The number of benzene rings is 1. The summed E-state index contributed by atoms with van der Waals surface area (Å²) < 4.78 is 41.8. The highest BCUT2D eigenvalue weighted by atomic mass is 35.5. The van der Waals surface area contributed by atoms with Crippen molar-refractivity contribution in [1.29, 1.82) is 0 Å². The maximum absolute atomic E-state index is 12.3. The summed E-state index contributed by atoms with van der Waals surface area (Å²) in [6, 6.07) is 7.90.